The van der Waals surface area contributed by atoms with E-state index in [1.807, 2.05) is 45.2 Å². The lowest BCUT2D eigenvalue weighted by Crippen LogP contribution is -2.40. The van der Waals surface area contributed by atoms with Gasteiger partial charge >= 0.3 is 6.09 Å². The Kier molecular flexibility index (Phi) is 6.30. The minimum Gasteiger partial charge on any atom is -0.506 e. The summed E-state index contributed by atoms with van der Waals surface area (Å²) in [7, 11) is 0. The zero-order valence-corrected chi connectivity index (χ0v) is 17.8. The minimum absolute atomic E-state index is 0.247. The quantitative estimate of drug-likeness (QED) is 0.767. The van der Waals surface area contributed by atoms with Crippen LogP contribution in [0.5, 0.6) is 5.75 Å². The minimum atomic E-state index is -0.515. The van der Waals surface area contributed by atoms with E-state index in [9.17, 15) is 9.90 Å². The Labute approximate surface area is 173 Å². The summed E-state index contributed by atoms with van der Waals surface area (Å²) in [5, 5.41) is 10.4. The number of anilines is 2. The summed E-state index contributed by atoms with van der Waals surface area (Å²) in [5.74, 6) is 0.247. The molecule has 0 radical (unpaired) electrons. The number of amides is 1. The second kappa shape index (κ2) is 8.72. The number of pyridine rings is 1. The molecule has 2 aromatic rings. The Morgan fingerprint density at radius 1 is 1.31 bits per heavy atom. The number of aromatic hydroxyl groups is 1. The second-order valence-corrected chi connectivity index (χ2v) is 8.45. The molecule has 0 unspecified atom stereocenters. The fourth-order valence-corrected chi connectivity index (χ4v) is 3.44. The SMILES string of the molecule is CCCCN(c1cnc2c(c1)CN(C(=O)OC(C)(C)C)CC2)c1ccccc1O. The number of phenols is 1. The van der Waals surface area contributed by atoms with Crippen molar-refractivity contribution in [2.75, 3.05) is 18.0 Å². The number of phenolic OH excluding ortho intramolecular Hbond substituents is 1. The maximum Gasteiger partial charge on any atom is 0.410 e. The van der Waals surface area contributed by atoms with Crippen LogP contribution in [0, 0.1) is 0 Å². The summed E-state index contributed by atoms with van der Waals surface area (Å²) in [5.41, 5.74) is 3.21. The molecule has 0 saturated carbocycles. The molecule has 1 aliphatic rings. The smallest absolute Gasteiger partial charge is 0.410 e. The number of hydrogen-bond acceptors (Lipinski definition) is 5. The standard InChI is InChI=1S/C23H31N3O3/c1-5-6-12-26(20-9-7-8-10-21(20)27)18-14-17-16-25(13-11-19(17)24-15-18)22(28)29-23(2,3)4/h7-10,14-15,27H,5-6,11-13,16H2,1-4H3. The zero-order valence-electron chi connectivity index (χ0n) is 17.8. The predicted molar refractivity (Wildman–Crippen MR) is 115 cm³/mol. The summed E-state index contributed by atoms with van der Waals surface area (Å²) in [6, 6.07) is 9.44. The van der Waals surface area contributed by atoms with Gasteiger partial charge in [0.05, 0.1) is 24.1 Å². The lowest BCUT2D eigenvalue weighted by atomic mass is 10.0. The maximum atomic E-state index is 12.5. The highest BCUT2D eigenvalue weighted by atomic mass is 16.6. The third-order valence-corrected chi connectivity index (χ3v) is 4.90. The number of carbonyl (C=O) groups excluding carboxylic acids is 1. The molecule has 1 amide bonds. The van der Waals surface area contributed by atoms with Crippen molar-refractivity contribution in [3.05, 3.63) is 47.8 Å². The van der Waals surface area contributed by atoms with Gasteiger partial charge in [0, 0.05) is 25.2 Å². The van der Waals surface area contributed by atoms with Crippen molar-refractivity contribution in [1.29, 1.82) is 0 Å². The monoisotopic (exact) mass is 397 g/mol. The number of unbranched alkanes of at least 4 members (excludes halogenated alkanes) is 1. The number of aromatic nitrogens is 1. The van der Waals surface area contributed by atoms with Crippen molar-refractivity contribution >= 4 is 17.5 Å². The molecular formula is C23H31N3O3. The number of ether oxygens (including phenoxy) is 1. The topological polar surface area (TPSA) is 65.9 Å². The summed E-state index contributed by atoms with van der Waals surface area (Å²) in [6.45, 7) is 9.64. The molecule has 1 aromatic heterocycles. The highest BCUT2D eigenvalue weighted by molar-refractivity contribution is 5.70. The van der Waals surface area contributed by atoms with Gasteiger partial charge < -0.3 is 19.6 Å². The molecule has 0 bridgehead atoms. The van der Waals surface area contributed by atoms with Crippen LogP contribution in [-0.4, -0.2) is 39.8 Å². The van der Waals surface area contributed by atoms with Crippen LogP contribution in [0.1, 0.15) is 51.8 Å². The first-order chi connectivity index (χ1) is 13.8. The first-order valence-corrected chi connectivity index (χ1v) is 10.3. The highest BCUT2D eigenvalue weighted by Crippen LogP contribution is 2.34. The van der Waals surface area contributed by atoms with Crippen LogP contribution in [0.25, 0.3) is 0 Å². The number of para-hydroxylation sites is 2. The zero-order chi connectivity index (χ0) is 21.0. The molecule has 0 fully saturated rings. The van der Waals surface area contributed by atoms with Crippen LogP contribution in [-0.2, 0) is 17.7 Å². The molecule has 0 saturated heterocycles. The Hall–Kier alpha value is -2.76. The molecule has 1 N–H and O–H groups in total. The van der Waals surface area contributed by atoms with Crippen LogP contribution >= 0.6 is 0 Å². The van der Waals surface area contributed by atoms with E-state index in [0.29, 0.717) is 19.5 Å². The van der Waals surface area contributed by atoms with E-state index in [1.165, 1.54) is 0 Å². The van der Waals surface area contributed by atoms with Crippen LogP contribution in [0.2, 0.25) is 0 Å². The van der Waals surface area contributed by atoms with Gasteiger partial charge in [0.1, 0.15) is 11.4 Å². The van der Waals surface area contributed by atoms with Crippen molar-refractivity contribution in [3.63, 3.8) is 0 Å². The van der Waals surface area contributed by atoms with Crippen molar-refractivity contribution in [2.45, 2.75) is 59.1 Å². The molecule has 6 heteroatoms. The first kappa shape index (κ1) is 21.0. The fourth-order valence-electron chi connectivity index (χ4n) is 3.44. The van der Waals surface area contributed by atoms with Crippen LogP contribution in [0.3, 0.4) is 0 Å². The van der Waals surface area contributed by atoms with Crippen molar-refractivity contribution in [3.8, 4) is 5.75 Å². The summed E-state index contributed by atoms with van der Waals surface area (Å²) < 4.78 is 5.53. The lowest BCUT2D eigenvalue weighted by Gasteiger charge is -2.32. The number of nitrogens with zero attached hydrogens (tertiary/aromatic N) is 3. The number of hydrogen-bond donors (Lipinski definition) is 1. The molecule has 3 rings (SSSR count). The molecular weight excluding hydrogens is 366 g/mol. The van der Waals surface area contributed by atoms with Crippen molar-refractivity contribution in [1.82, 2.24) is 9.88 Å². The van der Waals surface area contributed by atoms with Gasteiger partial charge in [-0.1, -0.05) is 25.5 Å². The maximum absolute atomic E-state index is 12.5. The Bertz CT molecular complexity index is 861. The number of fused-ring (bicyclic) bond motifs is 1. The largest absolute Gasteiger partial charge is 0.506 e. The van der Waals surface area contributed by atoms with Gasteiger partial charge in [-0.2, -0.15) is 0 Å². The van der Waals surface area contributed by atoms with E-state index in [-0.39, 0.29) is 11.8 Å². The van der Waals surface area contributed by atoms with Crippen molar-refractivity contribution < 1.29 is 14.6 Å². The fraction of sp³-hybridized carbons (Fsp3) is 0.478. The summed E-state index contributed by atoms with van der Waals surface area (Å²) >= 11 is 0. The van der Waals surface area contributed by atoms with Gasteiger partial charge in [0.2, 0.25) is 0 Å². The van der Waals surface area contributed by atoms with E-state index in [2.05, 4.69) is 22.9 Å². The highest BCUT2D eigenvalue weighted by Gasteiger charge is 2.27. The van der Waals surface area contributed by atoms with Gasteiger partial charge in [0.15, 0.2) is 0 Å². The Morgan fingerprint density at radius 3 is 2.76 bits per heavy atom. The predicted octanol–water partition coefficient (Wildman–Crippen LogP) is 5.02. The van der Waals surface area contributed by atoms with Crippen molar-refractivity contribution in [2.24, 2.45) is 0 Å². The van der Waals surface area contributed by atoms with E-state index in [1.54, 1.807) is 11.0 Å². The first-order valence-electron chi connectivity index (χ1n) is 10.3. The average Bonchev–Trinajstić information content (AvgIpc) is 2.67. The molecule has 2 heterocycles. The van der Waals surface area contributed by atoms with Gasteiger partial charge in [-0.25, -0.2) is 4.79 Å². The number of carbonyl (C=O) groups is 1. The third-order valence-electron chi connectivity index (χ3n) is 4.90. The van der Waals surface area contributed by atoms with E-state index in [0.717, 1.165) is 42.0 Å². The molecule has 0 aliphatic carbocycles. The lowest BCUT2D eigenvalue weighted by molar-refractivity contribution is 0.0223. The van der Waals surface area contributed by atoms with Crippen LogP contribution < -0.4 is 4.90 Å². The van der Waals surface area contributed by atoms with Gasteiger partial charge in [0.25, 0.3) is 0 Å². The molecule has 29 heavy (non-hydrogen) atoms. The average molecular weight is 398 g/mol. The third kappa shape index (κ3) is 5.19. The van der Waals surface area contributed by atoms with Crippen LogP contribution in [0.15, 0.2) is 36.5 Å². The molecule has 1 aliphatic heterocycles. The van der Waals surface area contributed by atoms with Gasteiger partial charge in [-0.15, -0.1) is 0 Å². The second-order valence-electron chi connectivity index (χ2n) is 8.45. The van der Waals surface area contributed by atoms with Gasteiger partial charge in [-0.3, -0.25) is 4.98 Å². The van der Waals surface area contributed by atoms with Crippen LogP contribution in [0.4, 0.5) is 16.2 Å². The number of rotatable bonds is 5. The molecule has 156 valence electrons. The van der Waals surface area contributed by atoms with E-state index < -0.39 is 5.60 Å². The van der Waals surface area contributed by atoms with E-state index >= 15 is 0 Å². The summed E-state index contributed by atoms with van der Waals surface area (Å²) in [6.07, 6.45) is 4.33. The van der Waals surface area contributed by atoms with E-state index in [4.69, 9.17) is 4.74 Å². The normalized spacial score (nSPS) is 13.7. The molecule has 1 aromatic carbocycles. The van der Waals surface area contributed by atoms with Gasteiger partial charge in [-0.05, 0) is 51.0 Å². The Morgan fingerprint density at radius 2 is 2.07 bits per heavy atom. The Balaban J connectivity index is 1.87. The summed E-state index contributed by atoms with van der Waals surface area (Å²) in [4.78, 5) is 21.0. The molecule has 0 spiro atoms. The molecule has 6 nitrogen and oxygen atoms in total. The number of benzene rings is 1. The molecule has 0 atom stereocenters.